The molecule has 1 fully saturated rings. The van der Waals surface area contributed by atoms with Gasteiger partial charge >= 0.3 is 0 Å². The number of halogens is 3. The number of benzene rings is 3. The molecule has 0 atom stereocenters. The average Bonchev–Trinajstić information content (AvgIpc) is 2.85. The van der Waals surface area contributed by atoms with Crippen LogP contribution < -0.4 is 10.1 Å². The van der Waals surface area contributed by atoms with Crippen LogP contribution in [-0.2, 0) is 4.79 Å². The fourth-order valence-electron chi connectivity index (χ4n) is 4.19. The standard InChI is InChI=1S/C27H27ClF2N2O2/c28-24-3-1-2-4-25(24)34-18-17-32-15-13-21(14-16-32)27(33)31-26(19-5-9-22(29)10-6-19)20-7-11-23(30)12-8-20/h1-12,21,26H,13-18H2,(H,31,33). The molecule has 0 spiro atoms. The van der Waals surface area contributed by atoms with Crippen molar-refractivity contribution in [2.45, 2.75) is 18.9 Å². The minimum Gasteiger partial charge on any atom is -0.491 e. The summed E-state index contributed by atoms with van der Waals surface area (Å²) in [5.41, 5.74) is 1.49. The van der Waals surface area contributed by atoms with E-state index >= 15 is 0 Å². The van der Waals surface area contributed by atoms with Gasteiger partial charge < -0.3 is 10.1 Å². The summed E-state index contributed by atoms with van der Waals surface area (Å²) in [5, 5.41) is 3.69. The minimum absolute atomic E-state index is 0.0504. The number of likely N-dealkylation sites (tertiary alicyclic amines) is 1. The quantitative estimate of drug-likeness (QED) is 0.451. The zero-order chi connectivity index (χ0) is 23.9. The molecule has 7 heteroatoms. The molecule has 34 heavy (non-hydrogen) atoms. The number of carbonyl (C=O) groups excluding carboxylic acids is 1. The van der Waals surface area contributed by atoms with Gasteiger partial charge in [0.2, 0.25) is 5.91 Å². The summed E-state index contributed by atoms with van der Waals surface area (Å²) >= 11 is 6.12. The van der Waals surface area contributed by atoms with E-state index in [-0.39, 0.29) is 23.5 Å². The van der Waals surface area contributed by atoms with Crippen LogP contribution in [0.5, 0.6) is 5.75 Å². The number of rotatable bonds is 8. The highest BCUT2D eigenvalue weighted by molar-refractivity contribution is 6.32. The van der Waals surface area contributed by atoms with Gasteiger partial charge in [-0.2, -0.15) is 0 Å². The summed E-state index contributed by atoms with van der Waals surface area (Å²) in [6, 6.07) is 18.9. The molecule has 178 valence electrons. The van der Waals surface area contributed by atoms with Crippen LogP contribution in [0.1, 0.15) is 30.0 Å². The van der Waals surface area contributed by atoms with Crippen molar-refractivity contribution in [3.63, 3.8) is 0 Å². The highest BCUT2D eigenvalue weighted by Crippen LogP contribution is 2.26. The smallest absolute Gasteiger partial charge is 0.223 e. The molecular formula is C27H27ClF2N2O2. The fourth-order valence-corrected chi connectivity index (χ4v) is 4.39. The number of ether oxygens (including phenoxy) is 1. The van der Waals surface area contributed by atoms with Gasteiger partial charge in [-0.15, -0.1) is 0 Å². The molecule has 0 aromatic heterocycles. The van der Waals surface area contributed by atoms with Crippen molar-refractivity contribution in [3.8, 4) is 5.75 Å². The number of carbonyl (C=O) groups is 1. The van der Waals surface area contributed by atoms with Crippen LogP contribution in [0.25, 0.3) is 0 Å². The van der Waals surface area contributed by atoms with Gasteiger partial charge in [-0.1, -0.05) is 48.0 Å². The molecule has 1 aliphatic heterocycles. The maximum atomic E-state index is 13.4. The van der Waals surface area contributed by atoms with Crippen molar-refractivity contribution in [3.05, 3.63) is 101 Å². The second-order valence-electron chi connectivity index (χ2n) is 8.44. The van der Waals surface area contributed by atoms with Crippen molar-refractivity contribution in [2.24, 2.45) is 5.92 Å². The van der Waals surface area contributed by atoms with Gasteiger partial charge in [-0.3, -0.25) is 9.69 Å². The number of para-hydroxylation sites is 1. The highest BCUT2D eigenvalue weighted by Gasteiger charge is 2.27. The molecule has 1 heterocycles. The van der Waals surface area contributed by atoms with Gasteiger partial charge in [-0.25, -0.2) is 8.78 Å². The molecule has 0 bridgehead atoms. The number of hydrogen-bond acceptors (Lipinski definition) is 3. The van der Waals surface area contributed by atoms with E-state index in [1.54, 1.807) is 30.3 Å². The monoisotopic (exact) mass is 484 g/mol. The highest BCUT2D eigenvalue weighted by atomic mass is 35.5. The third kappa shape index (κ3) is 6.33. The molecule has 1 amide bonds. The van der Waals surface area contributed by atoms with Gasteiger partial charge in [0.25, 0.3) is 0 Å². The first-order valence-corrected chi connectivity index (χ1v) is 11.8. The molecule has 1 saturated heterocycles. The lowest BCUT2D eigenvalue weighted by atomic mass is 9.93. The largest absolute Gasteiger partial charge is 0.491 e. The van der Waals surface area contributed by atoms with Crippen molar-refractivity contribution in [1.82, 2.24) is 10.2 Å². The Labute approximate surface area is 203 Å². The lowest BCUT2D eigenvalue weighted by molar-refractivity contribution is -0.127. The van der Waals surface area contributed by atoms with Gasteiger partial charge in [0, 0.05) is 12.5 Å². The van der Waals surface area contributed by atoms with E-state index in [9.17, 15) is 13.6 Å². The maximum absolute atomic E-state index is 13.4. The van der Waals surface area contributed by atoms with E-state index in [4.69, 9.17) is 16.3 Å². The number of piperidine rings is 1. The number of amides is 1. The number of nitrogens with zero attached hydrogens (tertiary/aromatic N) is 1. The van der Waals surface area contributed by atoms with Crippen molar-refractivity contribution in [1.29, 1.82) is 0 Å². The zero-order valence-corrected chi connectivity index (χ0v) is 19.5. The van der Waals surface area contributed by atoms with E-state index in [2.05, 4.69) is 10.2 Å². The lowest BCUT2D eigenvalue weighted by Crippen LogP contribution is -2.42. The van der Waals surface area contributed by atoms with Crippen LogP contribution >= 0.6 is 11.6 Å². The molecule has 0 aliphatic carbocycles. The first kappa shape index (κ1) is 24.2. The predicted molar refractivity (Wildman–Crippen MR) is 129 cm³/mol. The van der Waals surface area contributed by atoms with Crippen LogP contribution in [0.15, 0.2) is 72.8 Å². The summed E-state index contributed by atoms with van der Waals surface area (Å²) in [7, 11) is 0. The third-order valence-electron chi connectivity index (χ3n) is 6.15. The number of hydrogen-bond donors (Lipinski definition) is 1. The molecule has 1 aliphatic rings. The lowest BCUT2D eigenvalue weighted by Gasteiger charge is -2.32. The van der Waals surface area contributed by atoms with Crippen LogP contribution in [-0.4, -0.2) is 37.0 Å². The average molecular weight is 485 g/mol. The Morgan fingerprint density at radius 3 is 2.06 bits per heavy atom. The van der Waals surface area contributed by atoms with E-state index in [1.807, 2.05) is 18.2 Å². The van der Waals surface area contributed by atoms with Crippen LogP contribution in [0, 0.1) is 17.6 Å². The SMILES string of the molecule is O=C(NC(c1ccc(F)cc1)c1ccc(F)cc1)C1CCN(CCOc2ccccc2Cl)CC1. The van der Waals surface area contributed by atoms with E-state index in [1.165, 1.54) is 24.3 Å². The van der Waals surface area contributed by atoms with E-state index in [0.29, 0.717) is 17.4 Å². The third-order valence-corrected chi connectivity index (χ3v) is 6.47. The van der Waals surface area contributed by atoms with Crippen LogP contribution in [0.2, 0.25) is 5.02 Å². The molecule has 4 rings (SSSR count). The second-order valence-corrected chi connectivity index (χ2v) is 8.85. The molecule has 3 aromatic rings. The van der Waals surface area contributed by atoms with Gasteiger partial charge in [0.05, 0.1) is 11.1 Å². The molecule has 0 unspecified atom stereocenters. The second kappa shape index (κ2) is 11.4. The first-order chi connectivity index (χ1) is 16.5. The van der Waals surface area contributed by atoms with Crippen molar-refractivity contribution < 1.29 is 18.3 Å². The normalized spacial score (nSPS) is 14.8. The Kier molecular flexibility index (Phi) is 8.14. The maximum Gasteiger partial charge on any atom is 0.223 e. The fraction of sp³-hybridized carbons (Fsp3) is 0.296. The van der Waals surface area contributed by atoms with Crippen LogP contribution in [0.3, 0.4) is 0 Å². The first-order valence-electron chi connectivity index (χ1n) is 11.4. The van der Waals surface area contributed by atoms with Crippen molar-refractivity contribution in [2.75, 3.05) is 26.2 Å². The number of nitrogens with one attached hydrogen (secondary N) is 1. The van der Waals surface area contributed by atoms with Gasteiger partial charge in [0.15, 0.2) is 0 Å². The summed E-state index contributed by atoms with van der Waals surface area (Å²) < 4.78 is 32.7. The van der Waals surface area contributed by atoms with E-state index < -0.39 is 6.04 Å². The summed E-state index contributed by atoms with van der Waals surface area (Å²) in [4.78, 5) is 15.4. The Balaban J connectivity index is 1.32. The Hall–Kier alpha value is -2.96. The predicted octanol–water partition coefficient (Wildman–Crippen LogP) is 5.61. The van der Waals surface area contributed by atoms with E-state index in [0.717, 1.165) is 43.6 Å². The Morgan fingerprint density at radius 1 is 0.941 bits per heavy atom. The zero-order valence-electron chi connectivity index (χ0n) is 18.7. The summed E-state index contributed by atoms with van der Waals surface area (Å²) in [5.74, 6) is -0.196. The minimum atomic E-state index is -0.476. The topological polar surface area (TPSA) is 41.6 Å². The molecule has 0 saturated carbocycles. The Morgan fingerprint density at radius 2 is 1.50 bits per heavy atom. The molecule has 3 aromatic carbocycles. The molecular weight excluding hydrogens is 458 g/mol. The summed E-state index contributed by atoms with van der Waals surface area (Å²) in [6.45, 7) is 2.87. The molecule has 0 radical (unpaired) electrons. The van der Waals surface area contributed by atoms with Gasteiger partial charge in [0.1, 0.15) is 24.0 Å². The molecule has 4 nitrogen and oxygen atoms in total. The van der Waals surface area contributed by atoms with Gasteiger partial charge in [-0.05, 0) is 73.5 Å². The van der Waals surface area contributed by atoms with Crippen LogP contribution in [0.4, 0.5) is 8.78 Å². The molecule has 1 N–H and O–H groups in total. The summed E-state index contributed by atoms with van der Waals surface area (Å²) in [6.07, 6.45) is 1.47. The van der Waals surface area contributed by atoms with Crippen molar-refractivity contribution >= 4 is 17.5 Å². The Bertz CT molecular complexity index is 1040.